The number of rotatable bonds is 76. The maximum absolute atomic E-state index is 12.5. The van der Waals surface area contributed by atoms with Gasteiger partial charge in [-0.05, 0) is 57.8 Å². The molecule has 0 aliphatic rings. The fraction of sp³-hybridized carbons (Fsp3) is 0.926. The second kappa shape index (κ2) is 76.8. The van der Waals surface area contributed by atoms with Crippen LogP contribution in [0.1, 0.15) is 457 Å². The van der Waals surface area contributed by atoms with Crippen LogP contribution in [0.25, 0.3) is 0 Å². The standard InChI is InChI=1S/C81H157NO5/c1-3-5-7-9-11-13-15-17-19-20-40-43-46-49-53-57-61-65-69-73-79(84)78(77-83)82-80(85)74-70-66-62-58-54-50-47-44-41-38-36-34-32-30-28-26-24-22-21-23-25-27-29-31-33-35-37-39-42-45-48-52-56-60-64-68-72-76-87-81(86)75-71-67-63-59-55-51-18-16-14-12-10-8-6-4-2/h21,23,69,73,78-79,83-84H,3-20,22,24-68,70-72,74-77H2,1-2H3,(H,82,85)/b23-21-,73-69+. The van der Waals surface area contributed by atoms with Crippen molar-refractivity contribution >= 4 is 11.9 Å². The van der Waals surface area contributed by atoms with Crippen molar-refractivity contribution in [2.45, 2.75) is 469 Å². The number of nitrogens with one attached hydrogen (secondary N) is 1. The Morgan fingerprint density at radius 2 is 0.540 bits per heavy atom. The third kappa shape index (κ3) is 73.3. The van der Waals surface area contributed by atoms with Gasteiger partial charge in [-0.3, -0.25) is 9.59 Å². The SMILES string of the molecule is CCCCCCCCCCCCCCCCCCC/C=C/C(O)C(CO)NC(=O)CCCCCCCCCCCCCCCCCCC/C=C\CCCCCCCCCCCCCCCCCCOC(=O)CCCCCCCCCCCCCCCC. The van der Waals surface area contributed by atoms with E-state index in [0.29, 0.717) is 19.4 Å². The van der Waals surface area contributed by atoms with Crippen molar-refractivity contribution in [2.75, 3.05) is 13.2 Å². The molecular formula is C81H157NO5. The zero-order valence-electron chi connectivity index (χ0n) is 59.3. The number of hydrogen-bond acceptors (Lipinski definition) is 5. The highest BCUT2D eigenvalue weighted by molar-refractivity contribution is 5.76. The second-order valence-corrected chi connectivity index (χ2v) is 27.8. The van der Waals surface area contributed by atoms with Crippen molar-refractivity contribution in [2.24, 2.45) is 0 Å². The summed E-state index contributed by atoms with van der Waals surface area (Å²) in [4.78, 5) is 24.6. The summed E-state index contributed by atoms with van der Waals surface area (Å²) < 4.78 is 5.50. The van der Waals surface area contributed by atoms with E-state index in [9.17, 15) is 19.8 Å². The molecule has 516 valence electrons. The molecule has 0 aliphatic carbocycles. The van der Waals surface area contributed by atoms with Crippen molar-refractivity contribution in [3.8, 4) is 0 Å². The Bertz CT molecular complexity index is 1360. The molecule has 0 saturated carbocycles. The largest absolute Gasteiger partial charge is 0.466 e. The molecule has 0 aromatic rings. The van der Waals surface area contributed by atoms with E-state index in [4.69, 9.17) is 4.74 Å². The number of hydrogen-bond donors (Lipinski definition) is 3. The fourth-order valence-electron chi connectivity index (χ4n) is 12.9. The molecule has 0 aromatic carbocycles. The van der Waals surface area contributed by atoms with Crippen LogP contribution in [0.2, 0.25) is 0 Å². The molecule has 0 saturated heterocycles. The highest BCUT2D eigenvalue weighted by Crippen LogP contribution is 2.20. The fourth-order valence-corrected chi connectivity index (χ4v) is 12.9. The minimum Gasteiger partial charge on any atom is -0.466 e. The van der Waals surface area contributed by atoms with Gasteiger partial charge in [-0.1, -0.05) is 411 Å². The number of aliphatic hydroxyl groups excluding tert-OH is 2. The first-order chi connectivity index (χ1) is 43.0. The summed E-state index contributed by atoms with van der Waals surface area (Å²) in [7, 11) is 0. The summed E-state index contributed by atoms with van der Waals surface area (Å²) in [6.45, 7) is 4.96. The van der Waals surface area contributed by atoms with Crippen LogP contribution in [0.3, 0.4) is 0 Å². The summed E-state index contributed by atoms with van der Waals surface area (Å²) in [5.41, 5.74) is 0. The number of unbranched alkanes of at least 4 members (excludes halogenated alkanes) is 63. The number of amides is 1. The van der Waals surface area contributed by atoms with Gasteiger partial charge in [0.25, 0.3) is 0 Å². The van der Waals surface area contributed by atoms with Gasteiger partial charge < -0.3 is 20.3 Å². The van der Waals surface area contributed by atoms with Gasteiger partial charge in [0.1, 0.15) is 0 Å². The Hall–Kier alpha value is -1.66. The van der Waals surface area contributed by atoms with Crippen LogP contribution in [-0.4, -0.2) is 47.4 Å². The first-order valence-corrected chi connectivity index (χ1v) is 40.1. The second-order valence-electron chi connectivity index (χ2n) is 27.8. The van der Waals surface area contributed by atoms with E-state index in [2.05, 4.69) is 31.3 Å². The van der Waals surface area contributed by atoms with E-state index < -0.39 is 12.1 Å². The van der Waals surface area contributed by atoms with Crippen LogP contribution >= 0.6 is 0 Å². The number of ether oxygens (including phenoxy) is 1. The molecule has 0 aromatic heterocycles. The lowest BCUT2D eigenvalue weighted by molar-refractivity contribution is -0.143. The van der Waals surface area contributed by atoms with Crippen molar-refractivity contribution in [1.82, 2.24) is 5.32 Å². The lowest BCUT2D eigenvalue weighted by atomic mass is 10.0. The lowest BCUT2D eigenvalue weighted by Gasteiger charge is -2.20. The van der Waals surface area contributed by atoms with Crippen LogP contribution in [0.4, 0.5) is 0 Å². The van der Waals surface area contributed by atoms with Crippen LogP contribution in [0.15, 0.2) is 24.3 Å². The van der Waals surface area contributed by atoms with Gasteiger partial charge in [0.2, 0.25) is 5.91 Å². The zero-order valence-corrected chi connectivity index (χ0v) is 59.3. The van der Waals surface area contributed by atoms with Gasteiger partial charge in [-0.15, -0.1) is 0 Å². The summed E-state index contributed by atoms with van der Waals surface area (Å²) in [6, 6.07) is -0.625. The molecule has 0 aliphatic heterocycles. The minimum absolute atomic E-state index is 0.0244. The van der Waals surface area contributed by atoms with E-state index in [1.165, 1.54) is 392 Å². The molecule has 0 heterocycles. The Labute approximate surface area is 545 Å². The molecule has 0 rings (SSSR count). The Morgan fingerprint density at radius 1 is 0.310 bits per heavy atom. The Kier molecular flexibility index (Phi) is 75.3. The van der Waals surface area contributed by atoms with E-state index >= 15 is 0 Å². The van der Waals surface area contributed by atoms with Crippen LogP contribution in [0.5, 0.6) is 0 Å². The van der Waals surface area contributed by atoms with E-state index in [-0.39, 0.29) is 18.5 Å². The molecule has 3 N–H and O–H groups in total. The molecule has 87 heavy (non-hydrogen) atoms. The Balaban J connectivity index is 3.34. The average Bonchev–Trinajstić information content (AvgIpc) is 3.53. The first kappa shape index (κ1) is 85.3. The molecule has 1 amide bonds. The summed E-state index contributed by atoms with van der Waals surface area (Å²) >= 11 is 0. The number of carbonyl (C=O) groups is 2. The summed E-state index contributed by atoms with van der Waals surface area (Å²) in [5, 5.41) is 23.3. The van der Waals surface area contributed by atoms with Crippen molar-refractivity contribution in [3.05, 3.63) is 24.3 Å². The monoisotopic (exact) mass is 1220 g/mol. The van der Waals surface area contributed by atoms with Crippen LogP contribution in [-0.2, 0) is 14.3 Å². The quantitative estimate of drug-likeness (QED) is 0.0320. The van der Waals surface area contributed by atoms with E-state index in [1.54, 1.807) is 6.08 Å². The smallest absolute Gasteiger partial charge is 0.305 e. The molecule has 2 unspecified atom stereocenters. The highest BCUT2D eigenvalue weighted by atomic mass is 16.5. The molecule has 0 bridgehead atoms. The molecular weight excluding hydrogens is 1070 g/mol. The molecule has 0 radical (unpaired) electrons. The maximum Gasteiger partial charge on any atom is 0.305 e. The zero-order chi connectivity index (χ0) is 62.8. The predicted molar refractivity (Wildman–Crippen MR) is 384 cm³/mol. The van der Waals surface area contributed by atoms with Crippen molar-refractivity contribution < 1.29 is 24.5 Å². The number of aliphatic hydroxyl groups is 2. The third-order valence-corrected chi connectivity index (χ3v) is 19.0. The van der Waals surface area contributed by atoms with Crippen LogP contribution in [0, 0.1) is 0 Å². The maximum atomic E-state index is 12.5. The number of carbonyl (C=O) groups excluding carboxylic acids is 2. The summed E-state index contributed by atoms with van der Waals surface area (Å²) in [6.07, 6.45) is 98.8. The minimum atomic E-state index is -0.842. The lowest BCUT2D eigenvalue weighted by Crippen LogP contribution is -2.45. The molecule has 6 nitrogen and oxygen atoms in total. The van der Waals surface area contributed by atoms with Gasteiger partial charge in [0.05, 0.1) is 25.4 Å². The molecule has 0 fully saturated rings. The highest BCUT2D eigenvalue weighted by Gasteiger charge is 2.18. The molecule has 6 heteroatoms. The number of allylic oxidation sites excluding steroid dienone is 3. The average molecular weight is 1230 g/mol. The van der Waals surface area contributed by atoms with E-state index in [1.807, 2.05) is 6.08 Å². The Morgan fingerprint density at radius 3 is 0.816 bits per heavy atom. The van der Waals surface area contributed by atoms with Gasteiger partial charge in [0.15, 0.2) is 0 Å². The summed E-state index contributed by atoms with van der Waals surface area (Å²) in [5.74, 6) is -0.0351. The number of esters is 1. The molecule has 0 spiro atoms. The predicted octanol–water partition coefficient (Wildman–Crippen LogP) is 26.4. The van der Waals surface area contributed by atoms with Crippen molar-refractivity contribution in [3.63, 3.8) is 0 Å². The van der Waals surface area contributed by atoms with Gasteiger partial charge in [0, 0.05) is 12.8 Å². The molecule has 2 atom stereocenters. The van der Waals surface area contributed by atoms with Crippen LogP contribution < -0.4 is 5.32 Å². The van der Waals surface area contributed by atoms with Crippen molar-refractivity contribution in [1.29, 1.82) is 0 Å². The first-order valence-electron chi connectivity index (χ1n) is 40.1. The van der Waals surface area contributed by atoms with E-state index in [0.717, 1.165) is 38.5 Å². The van der Waals surface area contributed by atoms with Gasteiger partial charge >= 0.3 is 5.97 Å². The topological polar surface area (TPSA) is 95.9 Å². The van der Waals surface area contributed by atoms with Gasteiger partial charge in [-0.2, -0.15) is 0 Å². The van der Waals surface area contributed by atoms with Gasteiger partial charge in [-0.25, -0.2) is 0 Å². The normalized spacial score (nSPS) is 12.6. The third-order valence-electron chi connectivity index (χ3n) is 19.0.